The molecule has 0 saturated carbocycles. The molecule has 142 valence electrons. The van der Waals surface area contributed by atoms with E-state index in [1.165, 1.54) is 27.2 Å². The van der Waals surface area contributed by atoms with E-state index < -0.39 is 10.0 Å². The Morgan fingerprint density at radius 3 is 2.08 bits per heavy atom. The molecule has 0 bridgehead atoms. The average molecular weight is 372 g/mol. The molecule has 0 N–H and O–H groups in total. The fraction of sp³-hybridized carbons (Fsp3) is 0.647. The minimum atomic E-state index is -3.67. The van der Waals surface area contributed by atoms with Gasteiger partial charge in [0, 0.05) is 38.4 Å². The van der Waals surface area contributed by atoms with Crippen LogP contribution >= 0.6 is 0 Å². The van der Waals surface area contributed by atoms with E-state index in [2.05, 4.69) is 0 Å². The maximum atomic E-state index is 12.6. The van der Waals surface area contributed by atoms with Crippen molar-refractivity contribution in [2.75, 3.05) is 26.2 Å². The highest BCUT2D eigenvalue weighted by atomic mass is 32.2. The molecule has 0 spiro atoms. The molecule has 25 heavy (non-hydrogen) atoms. The van der Waals surface area contributed by atoms with Crippen LogP contribution in [0.25, 0.3) is 0 Å². The van der Waals surface area contributed by atoms with Gasteiger partial charge in [0.25, 0.3) is 5.56 Å². The van der Waals surface area contributed by atoms with E-state index in [1.807, 2.05) is 13.8 Å². The Morgan fingerprint density at radius 2 is 1.60 bits per heavy atom. The summed E-state index contributed by atoms with van der Waals surface area (Å²) in [5.74, 6) is -0.178. The lowest BCUT2D eigenvalue weighted by Gasteiger charge is -2.22. The molecule has 1 heterocycles. The molecule has 0 aliphatic rings. The third-order valence-electron chi connectivity index (χ3n) is 3.94. The Kier molecular flexibility index (Phi) is 8.31. The predicted octanol–water partition coefficient (Wildman–Crippen LogP) is 1.53. The van der Waals surface area contributed by atoms with Crippen LogP contribution in [0.4, 0.5) is 0 Å². The molecule has 8 heteroatoms. The van der Waals surface area contributed by atoms with Crippen molar-refractivity contribution in [2.24, 2.45) is 0 Å². The molecular formula is C17H29N3O4S. The topological polar surface area (TPSA) is 79.7 Å². The van der Waals surface area contributed by atoms with Crippen LogP contribution in [0.3, 0.4) is 0 Å². The van der Waals surface area contributed by atoms with Crippen LogP contribution in [-0.2, 0) is 21.4 Å². The summed E-state index contributed by atoms with van der Waals surface area (Å²) in [5.41, 5.74) is -0.389. The summed E-state index contributed by atoms with van der Waals surface area (Å²) in [6, 6.07) is 2.50. The number of amides is 1. The zero-order chi connectivity index (χ0) is 19.0. The molecular weight excluding hydrogens is 342 g/mol. The maximum Gasteiger partial charge on any atom is 0.251 e. The van der Waals surface area contributed by atoms with E-state index in [0.717, 1.165) is 12.8 Å². The molecule has 0 atom stereocenters. The van der Waals surface area contributed by atoms with Gasteiger partial charge >= 0.3 is 0 Å². The molecule has 1 rings (SSSR count). The Hall–Kier alpha value is -1.67. The van der Waals surface area contributed by atoms with Crippen molar-refractivity contribution in [3.63, 3.8) is 0 Å². The fourth-order valence-electron chi connectivity index (χ4n) is 2.64. The number of hydrogen-bond acceptors (Lipinski definition) is 4. The smallest absolute Gasteiger partial charge is 0.251 e. The van der Waals surface area contributed by atoms with Crippen molar-refractivity contribution in [2.45, 2.75) is 52.0 Å². The molecule has 7 nitrogen and oxygen atoms in total. The molecule has 0 radical (unpaired) electrons. The van der Waals surface area contributed by atoms with Crippen molar-refractivity contribution in [1.29, 1.82) is 0 Å². The number of nitrogens with zero attached hydrogens (tertiary/aromatic N) is 3. The van der Waals surface area contributed by atoms with Gasteiger partial charge in [0.2, 0.25) is 15.9 Å². The molecule has 0 fully saturated rings. The third kappa shape index (κ3) is 5.40. The first-order chi connectivity index (χ1) is 11.8. The van der Waals surface area contributed by atoms with E-state index in [9.17, 15) is 18.0 Å². The van der Waals surface area contributed by atoms with Gasteiger partial charge < -0.3 is 9.47 Å². The fourth-order valence-corrected chi connectivity index (χ4v) is 4.12. The van der Waals surface area contributed by atoms with Crippen LogP contribution in [0.15, 0.2) is 28.0 Å². The first kappa shape index (κ1) is 21.4. The van der Waals surface area contributed by atoms with Crippen molar-refractivity contribution in [3.8, 4) is 0 Å². The number of hydrogen-bond donors (Lipinski definition) is 0. The minimum absolute atomic E-state index is 0.0288. The summed E-state index contributed by atoms with van der Waals surface area (Å²) in [7, 11) is -3.67. The van der Waals surface area contributed by atoms with Gasteiger partial charge in [-0.2, -0.15) is 4.31 Å². The van der Waals surface area contributed by atoms with Crippen molar-refractivity contribution in [3.05, 3.63) is 28.7 Å². The molecule has 0 aliphatic heterocycles. The lowest BCUT2D eigenvalue weighted by atomic mass is 10.3. The van der Waals surface area contributed by atoms with Gasteiger partial charge in [-0.25, -0.2) is 8.42 Å². The second-order valence-electron chi connectivity index (χ2n) is 5.80. The summed E-state index contributed by atoms with van der Waals surface area (Å²) in [5, 5.41) is 0. The standard InChI is InChI=1S/C17H29N3O4S/c1-5-11-18(12-6-2)17(22)14-19-13-15(9-10-16(19)21)25(23,24)20(7-3)8-4/h9-10,13H,5-8,11-12,14H2,1-4H3. The zero-order valence-electron chi connectivity index (χ0n) is 15.6. The summed E-state index contributed by atoms with van der Waals surface area (Å²) in [6.07, 6.45) is 2.93. The first-order valence-electron chi connectivity index (χ1n) is 8.80. The summed E-state index contributed by atoms with van der Waals surface area (Å²) >= 11 is 0. The van der Waals surface area contributed by atoms with Gasteiger partial charge in [0.15, 0.2) is 0 Å². The highest BCUT2D eigenvalue weighted by Gasteiger charge is 2.23. The number of sulfonamides is 1. The highest BCUT2D eigenvalue weighted by molar-refractivity contribution is 7.89. The molecule has 1 aromatic heterocycles. The minimum Gasteiger partial charge on any atom is -0.341 e. The maximum absolute atomic E-state index is 12.6. The Labute approximate surface area is 150 Å². The number of carbonyl (C=O) groups excluding carboxylic acids is 1. The van der Waals surface area contributed by atoms with Crippen LogP contribution in [0.2, 0.25) is 0 Å². The second-order valence-corrected chi connectivity index (χ2v) is 7.74. The van der Waals surface area contributed by atoms with E-state index in [-0.39, 0.29) is 22.9 Å². The van der Waals surface area contributed by atoms with Gasteiger partial charge in [-0.05, 0) is 18.9 Å². The Bertz CT molecular complexity index is 718. The summed E-state index contributed by atoms with van der Waals surface area (Å²) in [4.78, 5) is 26.3. The summed E-state index contributed by atoms with van der Waals surface area (Å²) in [6.45, 7) is 9.27. The largest absolute Gasteiger partial charge is 0.341 e. The quantitative estimate of drug-likeness (QED) is 0.625. The zero-order valence-corrected chi connectivity index (χ0v) is 16.4. The SMILES string of the molecule is CCCN(CCC)C(=O)Cn1cc(S(=O)(=O)N(CC)CC)ccc1=O. The van der Waals surface area contributed by atoms with E-state index in [1.54, 1.807) is 18.7 Å². The normalized spacial score (nSPS) is 11.7. The Morgan fingerprint density at radius 1 is 1.04 bits per heavy atom. The highest BCUT2D eigenvalue weighted by Crippen LogP contribution is 2.13. The Balaban J connectivity index is 3.14. The van der Waals surface area contributed by atoms with Gasteiger partial charge in [-0.1, -0.05) is 27.7 Å². The van der Waals surface area contributed by atoms with Crippen LogP contribution < -0.4 is 5.56 Å². The van der Waals surface area contributed by atoms with Crippen LogP contribution in [0.1, 0.15) is 40.5 Å². The lowest BCUT2D eigenvalue weighted by Crippen LogP contribution is -2.38. The van der Waals surface area contributed by atoms with Crippen LogP contribution in [0, 0.1) is 0 Å². The third-order valence-corrected chi connectivity index (χ3v) is 5.98. The number of carbonyl (C=O) groups is 1. The molecule has 1 amide bonds. The van der Waals surface area contributed by atoms with E-state index in [4.69, 9.17) is 0 Å². The second kappa shape index (κ2) is 9.72. The van der Waals surface area contributed by atoms with Crippen molar-refractivity contribution >= 4 is 15.9 Å². The molecule has 0 unspecified atom stereocenters. The molecule has 0 aliphatic carbocycles. The molecule has 0 saturated heterocycles. The lowest BCUT2D eigenvalue weighted by molar-refractivity contribution is -0.132. The van der Waals surface area contributed by atoms with Crippen LogP contribution in [0.5, 0.6) is 0 Å². The molecule has 1 aromatic rings. The van der Waals surface area contributed by atoms with E-state index >= 15 is 0 Å². The first-order valence-corrected chi connectivity index (χ1v) is 10.2. The van der Waals surface area contributed by atoms with Gasteiger partial charge in [0.05, 0.1) is 4.90 Å². The van der Waals surface area contributed by atoms with Gasteiger partial charge in [-0.3, -0.25) is 9.59 Å². The average Bonchev–Trinajstić information content (AvgIpc) is 2.57. The predicted molar refractivity (Wildman–Crippen MR) is 98.0 cm³/mol. The summed E-state index contributed by atoms with van der Waals surface area (Å²) < 4.78 is 27.7. The monoisotopic (exact) mass is 371 g/mol. The number of pyridine rings is 1. The van der Waals surface area contributed by atoms with Crippen LogP contribution in [-0.4, -0.2) is 54.3 Å². The van der Waals surface area contributed by atoms with Gasteiger partial charge in [-0.15, -0.1) is 0 Å². The van der Waals surface area contributed by atoms with Gasteiger partial charge in [0.1, 0.15) is 6.54 Å². The van der Waals surface area contributed by atoms with Crippen molar-refractivity contribution in [1.82, 2.24) is 13.8 Å². The number of aromatic nitrogens is 1. The van der Waals surface area contributed by atoms with Crippen molar-refractivity contribution < 1.29 is 13.2 Å². The molecule has 0 aromatic carbocycles. The number of rotatable bonds is 10. The van der Waals surface area contributed by atoms with E-state index in [0.29, 0.717) is 26.2 Å².